The first-order valence-corrected chi connectivity index (χ1v) is 6.08. The second-order valence-corrected chi connectivity index (χ2v) is 4.57. The average Bonchev–Trinajstić information content (AvgIpc) is 2.73. The summed E-state index contributed by atoms with van der Waals surface area (Å²) < 4.78 is 63.2. The molecule has 0 aliphatic rings. The van der Waals surface area contributed by atoms with Crippen LogP contribution in [-0.4, -0.2) is 37.9 Å². The Morgan fingerprint density at radius 1 is 1.27 bits per heavy atom. The number of nitrogens with zero attached hydrogens (tertiary/aromatic N) is 3. The van der Waals surface area contributed by atoms with E-state index >= 15 is 0 Å². The van der Waals surface area contributed by atoms with Crippen LogP contribution in [0.15, 0.2) is 18.3 Å². The van der Waals surface area contributed by atoms with Crippen molar-refractivity contribution in [3.05, 3.63) is 24.0 Å². The fourth-order valence-electron chi connectivity index (χ4n) is 1.89. The van der Waals surface area contributed by atoms with Gasteiger partial charge in [0.2, 0.25) is 0 Å². The Bertz CT molecular complexity index is 696. The van der Waals surface area contributed by atoms with Crippen LogP contribution in [0.1, 0.15) is 12.1 Å². The lowest BCUT2D eigenvalue weighted by Crippen LogP contribution is -2.37. The van der Waals surface area contributed by atoms with Gasteiger partial charge in [-0.1, -0.05) is 0 Å². The number of pyridine rings is 1. The van der Waals surface area contributed by atoms with Gasteiger partial charge in [0, 0.05) is 24.5 Å². The van der Waals surface area contributed by atoms with E-state index in [9.17, 15) is 26.7 Å². The number of aryl methyl sites for hydroxylation is 1. The molecule has 0 saturated carbocycles. The number of hydrogen-bond donors (Lipinski definition) is 1. The van der Waals surface area contributed by atoms with Crippen molar-refractivity contribution in [1.29, 1.82) is 0 Å². The van der Waals surface area contributed by atoms with Gasteiger partial charge in [-0.25, -0.2) is 9.67 Å². The molecule has 10 heteroatoms. The van der Waals surface area contributed by atoms with Gasteiger partial charge in [0.25, 0.3) is 0 Å². The van der Waals surface area contributed by atoms with Crippen LogP contribution in [-0.2, 0) is 17.8 Å². The number of carboxylic acid groups (broad SMARTS) is 1. The molecule has 0 radical (unpaired) electrons. The zero-order valence-electron chi connectivity index (χ0n) is 10.9. The predicted molar refractivity (Wildman–Crippen MR) is 64.5 cm³/mol. The van der Waals surface area contributed by atoms with Gasteiger partial charge in [0.05, 0.1) is 12.1 Å². The molecule has 0 amide bonds. The maximum absolute atomic E-state index is 13.0. The Morgan fingerprint density at radius 2 is 1.95 bits per heavy atom. The fraction of sp³-hybridized carbons (Fsp3) is 0.417. The van der Waals surface area contributed by atoms with Gasteiger partial charge in [-0.15, -0.1) is 0 Å². The normalized spacial score (nSPS) is 12.8. The van der Waals surface area contributed by atoms with E-state index in [1.54, 1.807) is 0 Å². The lowest BCUT2D eigenvalue weighted by atomic mass is 10.2. The molecule has 2 heterocycles. The second kappa shape index (κ2) is 5.50. The Labute approximate surface area is 120 Å². The van der Waals surface area contributed by atoms with Crippen molar-refractivity contribution in [2.45, 2.75) is 31.5 Å². The molecule has 22 heavy (non-hydrogen) atoms. The highest BCUT2D eigenvalue weighted by Gasteiger charge is 2.56. The zero-order valence-corrected chi connectivity index (χ0v) is 10.9. The summed E-state index contributed by atoms with van der Waals surface area (Å²) in [4.78, 5) is 14.6. The molecular weight excluding hydrogens is 313 g/mol. The van der Waals surface area contributed by atoms with Crippen molar-refractivity contribution in [2.75, 3.05) is 0 Å². The van der Waals surface area contributed by atoms with Gasteiger partial charge >= 0.3 is 18.1 Å². The molecule has 0 aromatic carbocycles. The van der Waals surface area contributed by atoms with Crippen LogP contribution in [0.25, 0.3) is 11.0 Å². The average molecular weight is 323 g/mol. The highest BCUT2D eigenvalue weighted by Crippen LogP contribution is 2.38. The Morgan fingerprint density at radius 3 is 2.55 bits per heavy atom. The summed E-state index contributed by atoms with van der Waals surface area (Å²) in [5.41, 5.74) is 0.127. The molecule has 120 valence electrons. The highest BCUT2D eigenvalue weighted by atomic mass is 19.4. The lowest BCUT2D eigenvalue weighted by molar-refractivity contribution is -0.285. The Kier molecular flexibility index (Phi) is 4.03. The smallest absolute Gasteiger partial charge is 0.453 e. The summed E-state index contributed by atoms with van der Waals surface area (Å²) in [5, 5.41) is 12.9. The van der Waals surface area contributed by atoms with Crippen molar-refractivity contribution in [1.82, 2.24) is 14.8 Å². The summed E-state index contributed by atoms with van der Waals surface area (Å²) in [6, 6.07) is 2.97. The van der Waals surface area contributed by atoms with Crippen LogP contribution >= 0.6 is 0 Å². The minimum absolute atomic E-state index is 0.0610. The van der Waals surface area contributed by atoms with E-state index in [-0.39, 0.29) is 11.3 Å². The first-order valence-electron chi connectivity index (χ1n) is 6.08. The van der Waals surface area contributed by atoms with Crippen molar-refractivity contribution < 1.29 is 31.9 Å². The molecule has 0 unspecified atom stereocenters. The number of halogens is 5. The third-order valence-electron chi connectivity index (χ3n) is 2.95. The van der Waals surface area contributed by atoms with Crippen LogP contribution < -0.4 is 0 Å². The monoisotopic (exact) mass is 323 g/mol. The van der Waals surface area contributed by atoms with E-state index in [0.29, 0.717) is 5.39 Å². The van der Waals surface area contributed by atoms with Gasteiger partial charge in [0.15, 0.2) is 5.65 Å². The summed E-state index contributed by atoms with van der Waals surface area (Å²) in [5.74, 6) is -6.05. The van der Waals surface area contributed by atoms with Gasteiger partial charge in [-0.2, -0.15) is 27.1 Å². The van der Waals surface area contributed by atoms with E-state index in [1.807, 2.05) is 0 Å². The van der Waals surface area contributed by atoms with Crippen LogP contribution in [0.3, 0.4) is 0 Å². The quantitative estimate of drug-likeness (QED) is 0.859. The fourth-order valence-corrected chi connectivity index (χ4v) is 1.89. The van der Waals surface area contributed by atoms with Crippen molar-refractivity contribution in [2.24, 2.45) is 0 Å². The van der Waals surface area contributed by atoms with E-state index < -0.39 is 37.5 Å². The number of rotatable bonds is 5. The molecule has 1 N–H and O–H groups in total. The molecular formula is C12H10F5N3O2. The van der Waals surface area contributed by atoms with Gasteiger partial charge in [-0.3, -0.25) is 4.79 Å². The minimum Gasteiger partial charge on any atom is -0.481 e. The largest absolute Gasteiger partial charge is 0.481 e. The molecule has 0 atom stereocenters. The van der Waals surface area contributed by atoms with E-state index in [4.69, 9.17) is 5.11 Å². The maximum Gasteiger partial charge on any atom is 0.453 e. The van der Waals surface area contributed by atoms with Gasteiger partial charge in [-0.05, 0) is 12.1 Å². The Hall–Kier alpha value is -2.26. The van der Waals surface area contributed by atoms with Crippen molar-refractivity contribution >= 4 is 17.0 Å². The van der Waals surface area contributed by atoms with E-state index in [2.05, 4.69) is 10.1 Å². The van der Waals surface area contributed by atoms with Crippen LogP contribution in [0.2, 0.25) is 0 Å². The third kappa shape index (κ3) is 3.15. The molecule has 2 aromatic rings. The molecule has 0 saturated heterocycles. The molecule has 0 aliphatic carbocycles. The summed E-state index contributed by atoms with van der Waals surface area (Å²) in [6.07, 6.45) is -6.32. The molecule has 2 rings (SSSR count). The zero-order chi connectivity index (χ0) is 16.5. The maximum atomic E-state index is 13.0. The van der Waals surface area contributed by atoms with Gasteiger partial charge in [0.1, 0.15) is 0 Å². The van der Waals surface area contributed by atoms with Crippen LogP contribution in [0, 0.1) is 0 Å². The summed E-state index contributed by atoms with van der Waals surface area (Å²) in [7, 11) is 0. The number of aliphatic carboxylic acids is 1. The van der Waals surface area contributed by atoms with Crippen molar-refractivity contribution in [3.8, 4) is 0 Å². The molecule has 5 nitrogen and oxygen atoms in total. The first kappa shape index (κ1) is 16.1. The molecule has 2 aromatic heterocycles. The standard InChI is InChI=1S/C12H10F5N3O2/c13-11(14,12(15,16)17)3-5-20-10-7(2-1-4-18-10)8(19-20)6-9(21)22/h1-2,4H,3,5-6H2,(H,21,22). The molecule has 0 fully saturated rings. The molecule has 0 bridgehead atoms. The summed E-state index contributed by atoms with van der Waals surface area (Å²) >= 11 is 0. The number of hydrogen-bond acceptors (Lipinski definition) is 3. The third-order valence-corrected chi connectivity index (χ3v) is 2.95. The number of aromatic nitrogens is 3. The first-order chi connectivity index (χ1) is 10.1. The minimum atomic E-state index is -5.65. The van der Waals surface area contributed by atoms with Gasteiger partial charge < -0.3 is 5.11 Å². The number of carbonyl (C=O) groups is 1. The molecule has 0 spiro atoms. The second-order valence-electron chi connectivity index (χ2n) is 4.57. The number of alkyl halides is 5. The topological polar surface area (TPSA) is 68.0 Å². The van der Waals surface area contributed by atoms with E-state index in [1.165, 1.54) is 18.3 Å². The Balaban J connectivity index is 2.30. The highest BCUT2D eigenvalue weighted by molar-refractivity contribution is 5.82. The summed E-state index contributed by atoms with van der Waals surface area (Å²) in [6.45, 7) is -0.736. The number of fused-ring (bicyclic) bond motifs is 1. The van der Waals surface area contributed by atoms with Crippen molar-refractivity contribution in [3.63, 3.8) is 0 Å². The predicted octanol–water partition coefficient (Wildman–Crippen LogP) is 2.65. The van der Waals surface area contributed by atoms with E-state index in [0.717, 1.165) is 4.68 Å². The molecule has 0 aliphatic heterocycles. The van der Waals surface area contributed by atoms with Crippen LogP contribution in [0.5, 0.6) is 0 Å². The number of carboxylic acids is 1. The SMILES string of the molecule is O=C(O)Cc1nn(CCC(F)(F)C(F)(F)F)c2ncccc12. The lowest BCUT2D eigenvalue weighted by Gasteiger charge is -2.19. The van der Waals surface area contributed by atoms with Crippen LogP contribution in [0.4, 0.5) is 22.0 Å².